The van der Waals surface area contributed by atoms with Crippen molar-refractivity contribution in [2.45, 2.75) is 51.2 Å². The maximum atomic E-state index is 13.2. The summed E-state index contributed by atoms with van der Waals surface area (Å²) in [5.74, 6) is -0.329. The van der Waals surface area contributed by atoms with Gasteiger partial charge in [0.2, 0.25) is 5.91 Å². The second-order valence-corrected chi connectivity index (χ2v) is 5.69. The maximum Gasteiger partial charge on any atom is 0.435 e. The van der Waals surface area contributed by atoms with Crippen LogP contribution in [-0.2, 0) is 35.1 Å². The molecule has 0 radical (unpaired) electrons. The molecular weight excluding hydrogens is 311 g/mol. The Bertz CT molecular complexity index is 541. The highest BCUT2D eigenvalue weighted by atomic mass is 19.4. The van der Waals surface area contributed by atoms with Crippen LogP contribution in [-0.4, -0.2) is 35.9 Å². The number of nitrogens with zero attached hydrogens (tertiary/aromatic N) is 2. The SMILES string of the molecule is COCCCNC(=O)Cn1nc(C(F)(F)F)c2c1CCCCC2. The molecule has 0 unspecified atom stereocenters. The maximum absolute atomic E-state index is 13.2. The Kier molecular flexibility index (Phi) is 6.04. The number of aromatic nitrogens is 2. The van der Waals surface area contributed by atoms with Crippen molar-refractivity contribution in [3.63, 3.8) is 0 Å². The fourth-order valence-corrected chi connectivity index (χ4v) is 2.84. The van der Waals surface area contributed by atoms with Gasteiger partial charge in [-0.2, -0.15) is 18.3 Å². The molecule has 1 aliphatic carbocycles. The topological polar surface area (TPSA) is 56.1 Å². The first-order chi connectivity index (χ1) is 10.9. The van der Waals surface area contributed by atoms with Crippen molar-refractivity contribution in [1.82, 2.24) is 15.1 Å². The molecule has 1 N–H and O–H groups in total. The van der Waals surface area contributed by atoms with Crippen LogP contribution in [0.25, 0.3) is 0 Å². The summed E-state index contributed by atoms with van der Waals surface area (Å²) in [6, 6.07) is 0. The number of ether oxygens (including phenoxy) is 1. The van der Waals surface area contributed by atoms with E-state index in [0.29, 0.717) is 38.1 Å². The average Bonchev–Trinajstić information content (AvgIpc) is 2.68. The highest BCUT2D eigenvalue weighted by Gasteiger charge is 2.39. The molecule has 23 heavy (non-hydrogen) atoms. The Morgan fingerprint density at radius 1 is 1.30 bits per heavy atom. The smallest absolute Gasteiger partial charge is 0.385 e. The van der Waals surface area contributed by atoms with Crippen LogP contribution in [0.2, 0.25) is 0 Å². The Balaban J connectivity index is 2.12. The zero-order valence-electron chi connectivity index (χ0n) is 13.2. The van der Waals surface area contributed by atoms with Gasteiger partial charge in [0.25, 0.3) is 0 Å². The number of carbonyl (C=O) groups excluding carboxylic acids is 1. The van der Waals surface area contributed by atoms with Gasteiger partial charge in [0.1, 0.15) is 6.54 Å². The van der Waals surface area contributed by atoms with Crippen LogP contribution in [0.3, 0.4) is 0 Å². The van der Waals surface area contributed by atoms with Gasteiger partial charge in [-0.3, -0.25) is 9.48 Å². The second kappa shape index (κ2) is 7.81. The highest BCUT2D eigenvalue weighted by molar-refractivity contribution is 5.75. The minimum absolute atomic E-state index is 0.175. The van der Waals surface area contributed by atoms with Gasteiger partial charge < -0.3 is 10.1 Å². The van der Waals surface area contributed by atoms with Crippen molar-refractivity contribution in [2.75, 3.05) is 20.3 Å². The summed E-state index contributed by atoms with van der Waals surface area (Å²) >= 11 is 0. The van der Waals surface area contributed by atoms with Crippen molar-refractivity contribution in [3.8, 4) is 0 Å². The molecule has 8 heteroatoms. The molecule has 1 heterocycles. The third-order valence-electron chi connectivity index (χ3n) is 3.92. The van der Waals surface area contributed by atoms with E-state index in [1.807, 2.05) is 0 Å². The number of rotatable bonds is 6. The van der Waals surface area contributed by atoms with Crippen molar-refractivity contribution >= 4 is 5.91 Å². The fraction of sp³-hybridized carbons (Fsp3) is 0.733. The van der Waals surface area contributed by atoms with Gasteiger partial charge in [-0.25, -0.2) is 0 Å². The quantitative estimate of drug-likeness (QED) is 0.642. The number of hydrogen-bond acceptors (Lipinski definition) is 3. The monoisotopic (exact) mass is 333 g/mol. The van der Waals surface area contributed by atoms with E-state index in [-0.39, 0.29) is 18.0 Å². The number of methoxy groups -OCH3 is 1. The summed E-state index contributed by atoms with van der Waals surface area (Å²) in [5, 5.41) is 6.37. The number of amides is 1. The lowest BCUT2D eigenvalue weighted by Crippen LogP contribution is -2.30. The van der Waals surface area contributed by atoms with Gasteiger partial charge in [-0.15, -0.1) is 0 Å². The number of hydrogen-bond donors (Lipinski definition) is 1. The van der Waals surface area contributed by atoms with Crippen molar-refractivity contribution in [2.24, 2.45) is 0 Å². The van der Waals surface area contributed by atoms with Crippen molar-refractivity contribution < 1.29 is 22.7 Å². The molecule has 5 nitrogen and oxygen atoms in total. The van der Waals surface area contributed by atoms with Crippen molar-refractivity contribution in [1.29, 1.82) is 0 Å². The predicted molar refractivity (Wildman–Crippen MR) is 78.0 cm³/mol. The van der Waals surface area contributed by atoms with Gasteiger partial charge in [-0.1, -0.05) is 6.42 Å². The minimum Gasteiger partial charge on any atom is -0.385 e. The van der Waals surface area contributed by atoms with Gasteiger partial charge in [0, 0.05) is 31.5 Å². The third kappa shape index (κ3) is 4.70. The number of carbonyl (C=O) groups is 1. The van der Waals surface area contributed by atoms with Crippen LogP contribution in [0, 0.1) is 0 Å². The van der Waals surface area contributed by atoms with E-state index in [9.17, 15) is 18.0 Å². The molecule has 0 bridgehead atoms. The Morgan fingerprint density at radius 3 is 2.74 bits per heavy atom. The summed E-state index contributed by atoms with van der Waals surface area (Å²) < 4.78 is 45.6. The van der Waals surface area contributed by atoms with E-state index in [0.717, 1.165) is 19.3 Å². The normalized spacial score (nSPS) is 15.1. The lowest BCUT2D eigenvalue weighted by molar-refractivity contribution is -0.142. The standard InChI is InChI=1S/C15H22F3N3O2/c1-23-9-5-8-19-13(22)10-21-12-7-4-2-3-6-11(12)14(20-21)15(16,17)18/h2-10H2,1H3,(H,19,22). The Labute approximate surface area is 133 Å². The first-order valence-electron chi connectivity index (χ1n) is 7.85. The van der Waals surface area contributed by atoms with Crippen LogP contribution in [0.1, 0.15) is 42.6 Å². The largest absolute Gasteiger partial charge is 0.435 e. The summed E-state index contributed by atoms with van der Waals surface area (Å²) in [7, 11) is 1.57. The van der Waals surface area contributed by atoms with Gasteiger partial charge in [0.05, 0.1) is 0 Å². The first kappa shape index (κ1) is 17.8. The van der Waals surface area contributed by atoms with Gasteiger partial charge in [0.15, 0.2) is 5.69 Å². The minimum atomic E-state index is -4.48. The number of halogens is 3. The molecule has 130 valence electrons. The molecule has 0 spiro atoms. The molecule has 1 aromatic rings. The van der Waals surface area contributed by atoms with Crippen LogP contribution in [0.4, 0.5) is 13.2 Å². The van der Waals surface area contributed by atoms with Gasteiger partial charge >= 0.3 is 6.18 Å². The van der Waals surface area contributed by atoms with E-state index in [1.54, 1.807) is 7.11 Å². The molecule has 1 amide bonds. The second-order valence-electron chi connectivity index (χ2n) is 5.69. The first-order valence-corrected chi connectivity index (χ1v) is 7.85. The predicted octanol–water partition coefficient (Wildman–Crippen LogP) is 2.32. The summed E-state index contributed by atoms with van der Waals surface area (Å²) in [5.41, 5.74) is -0.00867. The molecule has 0 saturated carbocycles. The van der Waals surface area contributed by atoms with Crippen LogP contribution in [0.15, 0.2) is 0 Å². The van der Waals surface area contributed by atoms with Gasteiger partial charge in [-0.05, 0) is 32.1 Å². The zero-order chi connectivity index (χ0) is 16.9. The summed E-state index contributed by atoms with van der Waals surface area (Å²) in [4.78, 5) is 11.9. The molecule has 0 aromatic carbocycles. The van der Waals surface area contributed by atoms with E-state index >= 15 is 0 Å². The Morgan fingerprint density at radius 2 is 2.04 bits per heavy atom. The number of alkyl halides is 3. The van der Waals surface area contributed by atoms with Crippen LogP contribution >= 0.6 is 0 Å². The molecule has 1 aliphatic rings. The molecule has 0 saturated heterocycles. The number of nitrogens with one attached hydrogen (secondary N) is 1. The van der Waals surface area contributed by atoms with Crippen molar-refractivity contribution in [3.05, 3.63) is 17.0 Å². The lowest BCUT2D eigenvalue weighted by Gasteiger charge is -2.08. The average molecular weight is 333 g/mol. The van der Waals surface area contributed by atoms with E-state index in [2.05, 4.69) is 10.4 Å². The molecule has 0 atom stereocenters. The van der Waals surface area contributed by atoms with E-state index < -0.39 is 11.9 Å². The molecule has 0 aliphatic heterocycles. The Hall–Kier alpha value is -1.57. The summed E-state index contributed by atoms with van der Waals surface area (Å²) in [6.07, 6.45) is -0.456. The fourth-order valence-electron chi connectivity index (χ4n) is 2.84. The van der Waals surface area contributed by atoms with Crippen LogP contribution < -0.4 is 5.32 Å². The third-order valence-corrected chi connectivity index (χ3v) is 3.92. The van der Waals surface area contributed by atoms with E-state index in [4.69, 9.17) is 4.74 Å². The molecular formula is C15H22F3N3O2. The highest BCUT2D eigenvalue weighted by Crippen LogP contribution is 2.35. The number of fused-ring (bicyclic) bond motifs is 1. The molecule has 0 fully saturated rings. The lowest BCUT2D eigenvalue weighted by atomic mass is 10.1. The molecule has 2 rings (SSSR count). The zero-order valence-corrected chi connectivity index (χ0v) is 13.2. The molecule has 1 aromatic heterocycles. The summed E-state index contributed by atoms with van der Waals surface area (Å²) in [6.45, 7) is 0.781. The van der Waals surface area contributed by atoms with Crippen LogP contribution in [0.5, 0.6) is 0 Å². The van der Waals surface area contributed by atoms with E-state index in [1.165, 1.54) is 4.68 Å².